The van der Waals surface area contributed by atoms with Crippen molar-refractivity contribution in [2.75, 3.05) is 0 Å². The van der Waals surface area contributed by atoms with Crippen LogP contribution in [0, 0.1) is 0 Å². The molecule has 0 aromatic carbocycles. The van der Waals surface area contributed by atoms with E-state index >= 15 is 0 Å². The number of alkyl halides is 3. The Labute approximate surface area is 113 Å². The molecule has 0 unspecified atom stereocenters. The number of hydrogen-bond donors (Lipinski definition) is 0. The van der Waals surface area contributed by atoms with Gasteiger partial charge in [0.15, 0.2) is 5.82 Å². The Morgan fingerprint density at radius 2 is 1.95 bits per heavy atom. The quantitative estimate of drug-likeness (QED) is 0.834. The number of hydrogen-bond acceptors (Lipinski definition) is 2. The summed E-state index contributed by atoms with van der Waals surface area (Å²) >= 11 is 5.99. The van der Waals surface area contributed by atoms with Crippen LogP contribution in [0.4, 0.5) is 13.2 Å². The van der Waals surface area contributed by atoms with Crippen LogP contribution in [0.2, 0.25) is 5.15 Å². The molecule has 2 heterocycles. The van der Waals surface area contributed by atoms with Gasteiger partial charge in [-0.25, -0.2) is 9.67 Å². The Bertz CT molecular complexity index is 573. The zero-order chi connectivity index (χ0) is 14.2. The fourth-order valence-corrected chi connectivity index (χ4v) is 1.73. The summed E-state index contributed by atoms with van der Waals surface area (Å²) in [5.41, 5.74) is -0.0460. The van der Waals surface area contributed by atoms with Crippen LogP contribution in [0.5, 0.6) is 0 Å². The SMILES string of the molecule is CC(C)c1cc(Cl)n(-c2ccc(C(F)(F)F)cn2)n1. The van der Waals surface area contributed by atoms with E-state index in [1.54, 1.807) is 6.07 Å². The van der Waals surface area contributed by atoms with Gasteiger partial charge in [-0.05, 0) is 24.1 Å². The van der Waals surface area contributed by atoms with E-state index in [0.29, 0.717) is 5.15 Å². The topological polar surface area (TPSA) is 30.7 Å². The minimum absolute atomic E-state index is 0.174. The first-order chi connectivity index (χ1) is 8.79. The Hall–Kier alpha value is -1.56. The van der Waals surface area contributed by atoms with E-state index in [1.807, 2.05) is 13.8 Å². The molecule has 0 saturated carbocycles. The Morgan fingerprint density at radius 1 is 1.26 bits per heavy atom. The van der Waals surface area contributed by atoms with E-state index in [-0.39, 0.29) is 11.7 Å². The van der Waals surface area contributed by atoms with Gasteiger partial charge in [0, 0.05) is 6.20 Å². The summed E-state index contributed by atoms with van der Waals surface area (Å²) in [5, 5.41) is 4.53. The third-order valence-electron chi connectivity index (χ3n) is 2.57. The van der Waals surface area contributed by atoms with E-state index in [4.69, 9.17) is 11.6 Å². The molecule has 7 heteroatoms. The zero-order valence-corrected chi connectivity index (χ0v) is 11.0. The van der Waals surface area contributed by atoms with Gasteiger partial charge >= 0.3 is 6.18 Å². The normalized spacial score (nSPS) is 12.2. The highest BCUT2D eigenvalue weighted by Gasteiger charge is 2.30. The van der Waals surface area contributed by atoms with Crippen LogP contribution in [0.25, 0.3) is 5.82 Å². The maximum absolute atomic E-state index is 12.4. The average Bonchev–Trinajstić information content (AvgIpc) is 2.70. The van der Waals surface area contributed by atoms with Crippen LogP contribution < -0.4 is 0 Å². The lowest BCUT2D eigenvalue weighted by Crippen LogP contribution is -2.07. The molecule has 0 radical (unpaired) electrons. The lowest BCUT2D eigenvalue weighted by atomic mass is 10.1. The van der Waals surface area contributed by atoms with Crippen molar-refractivity contribution in [1.29, 1.82) is 0 Å². The average molecular weight is 290 g/mol. The molecule has 0 amide bonds. The molecule has 2 aromatic rings. The Balaban J connectivity index is 2.37. The molecule has 0 atom stereocenters. The maximum Gasteiger partial charge on any atom is 0.417 e. The van der Waals surface area contributed by atoms with Gasteiger partial charge < -0.3 is 0 Å². The molecule has 2 aromatic heterocycles. The molecule has 0 saturated heterocycles. The first kappa shape index (κ1) is 13.9. The van der Waals surface area contributed by atoms with E-state index in [1.165, 1.54) is 10.7 Å². The van der Waals surface area contributed by atoms with Crippen LogP contribution in [-0.4, -0.2) is 14.8 Å². The van der Waals surface area contributed by atoms with Gasteiger partial charge in [0.1, 0.15) is 5.15 Å². The second kappa shape index (κ2) is 4.85. The van der Waals surface area contributed by atoms with E-state index in [2.05, 4.69) is 10.1 Å². The van der Waals surface area contributed by atoms with Gasteiger partial charge in [-0.3, -0.25) is 0 Å². The standard InChI is InChI=1S/C12H11ClF3N3/c1-7(2)9-5-10(13)19(18-9)11-4-3-8(6-17-11)12(14,15)16/h3-7H,1-2H3. The van der Waals surface area contributed by atoms with E-state index in [9.17, 15) is 13.2 Å². The summed E-state index contributed by atoms with van der Waals surface area (Å²) in [6.45, 7) is 3.90. The van der Waals surface area contributed by atoms with Gasteiger partial charge in [0.05, 0.1) is 11.3 Å². The van der Waals surface area contributed by atoms with Gasteiger partial charge in [-0.1, -0.05) is 25.4 Å². The predicted octanol–water partition coefficient (Wildman–Crippen LogP) is 4.06. The van der Waals surface area contributed by atoms with Gasteiger partial charge in [0.2, 0.25) is 0 Å². The zero-order valence-electron chi connectivity index (χ0n) is 10.2. The molecule has 0 N–H and O–H groups in total. The number of aromatic nitrogens is 3. The summed E-state index contributed by atoms with van der Waals surface area (Å²) in [5.74, 6) is 0.429. The third kappa shape index (κ3) is 2.89. The van der Waals surface area contributed by atoms with Crippen LogP contribution in [0.1, 0.15) is 31.0 Å². The van der Waals surface area contributed by atoms with Crippen LogP contribution in [-0.2, 0) is 6.18 Å². The van der Waals surface area contributed by atoms with Crippen molar-refractivity contribution in [2.45, 2.75) is 25.9 Å². The summed E-state index contributed by atoms with van der Waals surface area (Å²) in [6.07, 6.45) is -3.63. The van der Waals surface area contributed by atoms with E-state index < -0.39 is 11.7 Å². The van der Waals surface area contributed by atoms with Crippen LogP contribution in [0.3, 0.4) is 0 Å². The Morgan fingerprint density at radius 3 is 2.37 bits per heavy atom. The van der Waals surface area contributed by atoms with Crippen molar-refractivity contribution in [3.05, 3.63) is 40.8 Å². The smallest absolute Gasteiger partial charge is 0.236 e. The molecule has 0 bridgehead atoms. The number of pyridine rings is 1. The van der Waals surface area contributed by atoms with Gasteiger partial charge in [-0.2, -0.15) is 18.3 Å². The Kier molecular flexibility index (Phi) is 3.54. The molecule has 3 nitrogen and oxygen atoms in total. The fourth-order valence-electron chi connectivity index (χ4n) is 1.50. The molecule has 0 aliphatic carbocycles. The molecule has 0 fully saturated rings. The van der Waals surface area contributed by atoms with Crippen LogP contribution in [0.15, 0.2) is 24.4 Å². The van der Waals surface area contributed by atoms with Crippen molar-refractivity contribution in [2.24, 2.45) is 0 Å². The van der Waals surface area contributed by atoms with Gasteiger partial charge in [-0.15, -0.1) is 0 Å². The molecule has 2 rings (SSSR count). The highest BCUT2D eigenvalue weighted by atomic mass is 35.5. The molecule has 0 spiro atoms. The van der Waals surface area contributed by atoms with Crippen molar-refractivity contribution >= 4 is 11.6 Å². The summed E-state index contributed by atoms with van der Waals surface area (Å²) < 4.78 is 38.6. The van der Waals surface area contributed by atoms with Crippen molar-refractivity contribution in [1.82, 2.24) is 14.8 Å². The molecular formula is C12H11ClF3N3. The molecular weight excluding hydrogens is 279 g/mol. The summed E-state index contributed by atoms with van der Waals surface area (Å²) in [4.78, 5) is 3.74. The van der Waals surface area contributed by atoms with Crippen molar-refractivity contribution < 1.29 is 13.2 Å². The predicted molar refractivity (Wildman–Crippen MR) is 65.5 cm³/mol. The lowest BCUT2D eigenvalue weighted by molar-refractivity contribution is -0.137. The third-order valence-corrected chi connectivity index (χ3v) is 2.84. The number of nitrogens with zero attached hydrogens (tertiary/aromatic N) is 3. The summed E-state index contributed by atoms with van der Waals surface area (Å²) in [6, 6.07) is 3.87. The highest BCUT2D eigenvalue weighted by molar-refractivity contribution is 6.29. The maximum atomic E-state index is 12.4. The van der Waals surface area contributed by atoms with Crippen LogP contribution >= 0.6 is 11.6 Å². The summed E-state index contributed by atoms with van der Waals surface area (Å²) in [7, 11) is 0. The number of halogens is 4. The minimum atomic E-state index is -4.40. The van der Waals surface area contributed by atoms with Gasteiger partial charge in [0.25, 0.3) is 0 Å². The monoisotopic (exact) mass is 289 g/mol. The molecule has 102 valence electrons. The highest BCUT2D eigenvalue weighted by Crippen LogP contribution is 2.29. The molecule has 0 aliphatic heterocycles. The largest absolute Gasteiger partial charge is 0.417 e. The van der Waals surface area contributed by atoms with Crippen molar-refractivity contribution in [3.63, 3.8) is 0 Å². The number of rotatable bonds is 2. The second-order valence-corrected chi connectivity index (χ2v) is 4.75. The fraction of sp³-hybridized carbons (Fsp3) is 0.333. The molecule has 19 heavy (non-hydrogen) atoms. The minimum Gasteiger partial charge on any atom is -0.236 e. The first-order valence-corrected chi connectivity index (χ1v) is 5.96. The van der Waals surface area contributed by atoms with Crippen molar-refractivity contribution in [3.8, 4) is 5.82 Å². The second-order valence-electron chi connectivity index (χ2n) is 4.36. The molecule has 0 aliphatic rings. The van der Waals surface area contributed by atoms with E-state index in [0.717, 1.165) is 18.0 Å². The lowest BCUT2D eigenvalue weighted by Gasteiger charge is -2.07. The first-order valence-electron chi connectivity index (χ1n) is 5.58.